The number of hydrogen-bond acceptors (Lipinski definition) is 5. The van der Waals surface area contributed by atoms with Gasteiger partial charge in [-0.3, -0.25) is 9.69 Å². The third kappa shape index (κ3) is 4.74. The van der Waals surface area contributed by atoms with Crippen molar-refractivity contribution in [2.45, 2.75) is 13.3 Å². The van der Waals surface area contributed by atoms with Gasteiger partial charge in [0.05, 0.1) is 32.4 Å². The van der Waals surface area contributed by atoms with Crippen molar-refractivity contribution >= 4 is 38.3 Å². The van der Waals surface area contributed by atoms with Gasteiger partial charge in [-0.2, -0.15) is 0 Å². The number of ether oxygens (including phenoxy) is 1. The van der Waals surface area contributed by atoms with Crippen LogP contribution in [0.3, 0.4) is 0 Å². The molecule has 0 unspecified atom stereocenters. The lowest BCUT2D eigenvalue weighted by molar-refractivity contribution is -0.858. The van der Waals surface area contributed by atoms with Crippen LogP contribution in [0, 0.1) is 6.92 Å². The van der Waals surface area contributed by atoms with Crippen LogP contribution in [-0.2, 0) is 0 Å². The van der Waals surface area contributed by atoms with Crippen LogP contribution in [0.4, 0.5) is 10.8 Å². The molecular weight excluding hydrogens is 396 g/mol. The first-order valence-electron chi connectivity index (χ1n) is 10.1. The van der Waals surface area contributed by atoms with Gasteiger partial charge in [0.25, 0.3) is 5.91 Å². The number of methoxy groups -OCH3 is 1. The van der Waals surface area contributed by atoms with Crippen LogP contribution in [-0.4, -0.2) is 59.3 Å². The number of aromatic nitrogens is 1. The molecule has 0 saturated carbocycles. The zero-order valence-corrected chi connectivity index (χ0v) is 19.5. The second-order valence-electron chi connectivity index (χ2n) is 7.97. The molecule has 1 amide bonds. The van der Waals surface area contributed by atoms with E-state index in [9.17, 15) is 4.79 Å². The summed E-state index contributed by atoms with van der Waals surface area (Å²) in [6.07, 6.45) is 0.899. The van der Waals surface area contributed by atoms with Crippen LogP contribution < -0.4 is 19.4 Å². The van der Waals surface area contributed by atoms with Crippen molar-refractivity contribution in [1.29, 1.82) is 0 Å². The normalized spacial score (nSPS) is 11.2. The molecule has 2 aromatic carbocycles. The first kappa shape index (κ1) is 22.1. The molecule has 0 radical (unpaired) electrons. The lowest BCUT2D eigenvalue weighted by Gasteiger charge is -2.21. The van der Waals surface area contributed by atoms with Crippen LogP contribution in [0.5, 0.6) is 5.75 Å². The molecule has 30 heavy (non-hydrogen) atoms. The molecule has 0 aliphatic heterocycles. The van der Waals surface area contributed by atoms with Gasteiger partial charge in [0, 0.05) is 38.3 Å². The van der Waals surface area contributed by atoms with E-state index in [0.29, 0.717) is 17.2 Å². The highest BCUT2D eigenvalue weighted by atomic mass is 32.1. The zero-order valence-electron chi connectivity index (χ0n) is 18.7. The highest BCUT2D eigenvalue weighted by molar-refractivity contribution is 7.22. The van der Waals surface area contributed by atoms with E-state index in [4.69, 9.17) is 9.72 Å². The topological polar surface area (TPSA) is 50.1 Å². The Labute approximate surface area is 182 Å². The summed E-state index contributed by atoms with van der Waals surface area (Å²) in [4.78, 5) is 23.5. The third-order valence-electron chi connectivity index (χ3n) is 5.08. The number of benzene rings is 2. The van der Waals surface area contributed by atoms with Gasteiger partial charge >= 0.3 is 0 Å². The predicted molar refractivity (Wildman–Crippen MR) is 126 cm³/mol. The maximum atomic E-state index is 13.5. The summed E-state index contributed by atoms with van der Waals surface area (Å²) in [6.45, 7) is 3.67. The lowest BCUT2D eigenvalue weighted by Crippen LogP contribution is -3.05. The predicted octanol–water partition coefficient (Wildman–Crippen LogP) is 2.86. The van der Waals surface area contributed by atoms with Gasteiger partial charge < -0.3 is 14.5 Å². The van der Waals surface area contributed by atoms with Gasteiger partial charge in [-0.05, 0) is 42.8 Å². The van der Waals surface area contributed by atoms with Crippen molar-refractivity contribution in [1.82, 2.24) is 4.98 Å². The SMILES string of the molecule is COc1ccc(C)c2sc(N(CCC[NH+](C)C)C(=O)c3ccc(N(C)C)cc3)nc12. The summed E-state index contributed by atoms with van der Waals surface area (Å²) < 4.78 is 6.56. The Hall–Kier alpha value is -2.64. The van der Waals surface area contributed by atoms with Crippen LogP contribution in [0.25, 0.3) is 10.2 Å². The number of carbonyl (C=O) groups is 1. The Bertz CT molecular complexity index is 1010. The van der Waals surface area contributed by atoms with Crippen LogP contribution in [0.2, 0.25) is 0 Å². The van der Waals surface area contributed by atoms with Gasteiger partial charge in [-0.25, -0.2) is 4.98 Å². The van der Waals surface area contributed by atoms with Crippen molar-refractivity contribution in [2.75, 3.05) is 58.2 Å². The van der Waals surface area contributed by atoms with Gasteiger partial charge in [0.15, 0.2) is 5.13 Å². The van der Waals surface area contributed by atoms with Gasteiger partial charge in [-0.15, -0.1) is 0 Å². The summed E-state index contributed by atoms with van der Waals surface area (Å²) in [5.41, 5.74) is 3.68. The van der Waals surface area contributed by atoms with E-state index in [0.717, 1.165) is 40.2 Å². The average molecular weight is 428 g/mol. The number of quaternary nitrogens is 1. The Morgan fingerprint density at radius 1 is 1.13 bits per heavy atom. The zero-order chi connectivity index (χ0) is 21.8. The molecule has 0 fully saturated rings. The van der Waals surface area contributed by atoms with Crippen LogP contribution in [0.1, 0.15) is 22.3 Å². The number of nitrogens with zero attached hydrogens (tertiary/aromatic N) is 3. The van der Waals surface area contributed by atoms with E-state index in [-0.39, 0.29) is 5.91 Å². The number of aryl methyl sites for hydroxylation is 1. The number of hydrogen-bond donors (Lipinski definition) is 1. The maximum absolute atomic E-state index is 13.5. The summed E-state index contributed by atoms with van der Waals surface area (Å²) in [5, 5.41) is 0.716. The average Bonchev–Trinajstić information content (AvgIpc) is 3.17. The smallest absolute Gasteiger partial charge is 0.260 e. The molecule has 0 spiro atoms. The summed E-state index contributed by atoms with van der Waals surface area (Å²) in [5.74, 6) is 0.711. The molecule has 1 aromatic heterocycles. The second kappa shape index (κ2) is 9.45. The number of rotatable bonds is 8. The molecule has 3 aromatic rings. The molecule has 1 N–H and O–H groups in total. The number of carbonyl (C=O) groups excluding carboxylic acids is 1. The molecular formula is C23H31N4O2S+. The third-order valence-corrected chi connectivity index (χ3v) is 6.29. The Balaban J connectivity index is 1.98. The molecule has 0 aliphatic rings. The number of thiazole rings is 1. The molecule has 0 saturated heterocycles. The van der Waals surface area contributed by atoms with Crippen molar-refractivity contribution in [3.63, 3.8) is 0 Å². The van der Waals surface area contributed by atoms with Crippen molar-refractivity contribution in [2.24, 2.45) is 0 Å². The molecule has 0 aliphatic carbocycles. The number of amides is 1. The van der Waals surface area contributed by atoms with Crippen molar-refractivity contribution < 1.29 is 14.4 Å². The Kier molecular flexibility index (Phi) is 6.95. The van der Waals surface area contributed by atoms with E-state index in [1.54, 1.807) is 18.4 Å². The maximum Gasteiger partial charge on any atom is 0.260 e. The first-order chi connectivity index (χ1) is 14.3. The van der Waals surface area contributed by atoms with E-state index >= 15 is 0 Å². The molecule has 1 heterocycles. The fraction of sp³-hybridized carbons (Fsp3) is 0.391. The fourth-order valence-corrected chi connectivity index (χ4v) is 4.39. The molecule has 0 bridgehead atoms. The molecule has 3 rings (SSSR count). The van der Waals surface area contributed by atoms with Crippen LogP contribution >= 0.6 is 11.3 Å². The monoisotopic (exact) mass is 427 g/mol. The minimum Gasteiger partial charge on any atom is -0.494 e. The van der Waals surface area contributed by atoms with Crippen molar-refractivity contribution in [3.05, 3.63) is 47.5 Å². The largest absolute Gasteiger partial charge is 0.494 e. The fourth-order valence-electron chi connectivity index (χ4n) is 3.31. The summed E-state index contributed by atoms with van der Waals surface area (Å²) >= 11 is 1.55. The van der Waals surface area contributed by atoms with E-state index in [1.807, 2.05) is 60.3 Å². The molecule has 160 valence electrons. The molecule has 6 nitrogen and oxygen atoms in total. The molecule has 0 atom stereocenters. The van der Waals surface area contributed by atoms with Gasteiger partial charge in [0.2, 0.25) is 0 Å². The minimum absolute atomic E-state index is 0.0234. The Morgan fingerprint density at radius 3 is 2.43 bits per heavy atom. The highest BCUT2D eigenvalue weighted by Crippen LogP contribution is 2.37. The minimum atomic E-state index is -0.0234. The number of nitrogens with one attached hydrogen (secondary N) is 1. The quantitative estimate of drug-likeness (QED) is 0.601. The summed E-state index contributed by atoms with van der Waals surface area (Å²) in [7, 11) is 9.88. The van der Waals surface area contributed by atoms with Crippen LogP contribution in [0.15, 0.2) is 36.4 Å². The van der Waals surface area contributed by atoms with Crippen molar-refractivity contribution in [3.8, 4) is 5.75 Å². The second-order valence-corrected chi connectivity index (χ2v) is 8.95. The van der Waals surface area contributed by atoms with E-state index < -0.39 is 0 Å². The Morgan fingerprint density at radius 2 is 1.83 bits per heavy atom. The van der Waals surface area contributed by atoms with E-state index in [2.05, 4.69) is 21.0 Å². The van der Waals surface area contributed by atoms with Gasteiger partial charge in [0.1, 0.15) is 11.3 Å². The lowest BCUT2D eigenvalue weighted by atomic mass is 10.1. The first-order valence-corrected chi connectivity index (χ1v) is 11.0. The molecule has 7 heteroatoms. The van der Waals surface area contributed by atoms with Gasteiger partial charge in [-0.1, -0.05) is 17.4 Å². The summed E-state index contributed by atoms with van der Waals surface area (Å²) in [6, 6.07) is 11.7. The number of fused-ring (bicyclic) bond motifs is 1. The standard InChI is InChI=1S/C23H30N4O2S/c1-16-8-13-19(29-6)20-21(16)30-23(24-20)27(15-7-14-25(2)3)22(28)17-9-11-18(12-10-17)26(4)5/h8-13H,7,14-15H2,1-6H3/p+1. The highest BCUT2D eigenvalue weighted by Gasteiger charge is 2.23. The number of anilines is 2. The van der Waals surface area contributed by atoms with E-state index in [1.165, 1.54) is 4.90 Å².